The quantitative estimate of drug-likeness (QED) is 0.431. The Morgan fingerprint density at radius 3 is 2.43 bits per heavy atom. The summed E-state index contributed by atoms with van der Waals surface area (Å²) in [7, 11) is 5.97. The molecule has 0 bridgehead atoms. The van der Waals surface area contributed by atoms with Crippen molar-refractivity contribution in [1.82, 2.24) is 5.32 Å². The number of nitrogens with one attached hydrogen (secondary N) is 1. The number of benzene rings is 1. The maximum absolute atomic E-state index is 12.9. The van der Waals surface area contributed by atoms with Gasteiger partial charge in [-0.1, -0.05) is 16.6 Å². The van der Waals surface area contributed by atoms with E-state index in [2.05, 4.69) is 5.32 Å². The smallest absolute Gasteiger partial charge is 0.389 e. The fourth-order valence-electron chi connectivity index (χ4n) is 2.74. The number of thioether (sulfide) groups is 1. The van der Waals surface area contributed by atoms with Crippen molar-refractivity contribution in [3.05, 3.63) is 45.1 Å². The molecular formula is C20H21BF3NO3S2. The number of rotatable bonds is 9. The first kappa shape index (κ1) is 24.3. The molecule has 0 aliphatic carbocycles. The Labute approximate surface area is 182 Å². The van der Waals surface area contributed by atoms with Gasteiger partial charge in [0.15, 0.2) is 0 Å². The van der Waals surface area contributed by atoms with Crippen molar-refractivity contribution in [2.45, 2.75) is 49.4 Å². The van der Waals surface area contributed by atoms with Crippen LogP contribution in [0.1, 0.15) is 50.2 Å². The van der Waals surface area contributed by atoms with Crippen LogP contribution in [0.15, 0.2) is 29.2 Å². The monoisotopic (exact) mass is 455 g/mol. The van der Waals surface area contributed by atoms with E-state index in [1.807, 2.05) is 26.0 Å². The predicted octanol–water partition coefficient (Wildman–Crippen LogP) is 4.54. The molecule has 10 heteroatoms. The number of carbonyl (C=O) groups excluding carboxylic acids is 1. The second kappa shape index (κ2) is 10.4. The number of carbonyl (C=O) groups is 2. The normalized spacial score (nSPS) is 12.6. The molecule has 0 saturated carbocycles. The van der Waals surface area contributed by atoms with Crippen LogP contribution in [0.2, 0.25) is 0 Å². The lowest BCUT2D eigenvalue weighted by molar-refractivity contribution is -0.137. The molecule has 1 unspecified atom stereocenters. The minimum Gasteiger partial charge on any atom is -0.481 e. The van der Waals surface area contributed by atoms with Crippen LogP contribution in [0.5, 0.6) is 0 Å². The van der Waals surface area contributed by atoms with Gasteiger partial charge >= 0.3 is 12.1 Å². The highest BCUT2D eigenvalue weighted by atomic mass is 32.2. The standard InChI is InChI=1S/C20H21BF3NO3S2/c1-11-9-13(10-12(2)18(11)21)29-15(5-7-20(22,23)24)14-3-4-16(30-14)19(28)25-8-6-17(26)27/h3-4,9-10,15H,5-8H2,1-2H3,(H,25,28)(H,26,27). The number of hydrogen-bond acceptors (Lipinski definition) is 4. The maximum Gasteiger partial charge on any atom is 0.389 e. The fourth-order valence-corrected chi connectivity index (χ4v) is 5.22. The molecule has 4 nitrogen and oxygen atoms in total. The highest BCUT2D eigenvalue weighted by Crippen LogP contribution is 2.43. The van der Waals surface area contributed by atoms with Crippen molar-refractivity contribution in [3.8, 4) is 0 Å². The SMILES string of the molecule is [B]c1c(C)cc(SC(CCC(F)(F)F)c2ccc(C(=O)NCCC(=O)O)s2)cc1C. The Morgan fingerprint density at radius 2 is 1.87 bits per heavy atom. The maximum atomic E-state index is 12.9. The molecule has 2 rings (SSSR count). The van der Waals surface area contributed by atoms with E-state index in [4.69, 9.17) is 13.0 Å². The number of carboxylic acids is 1. The highest BCUT2D eigenvalue weighted by molar-refractivity contribution is 7.99. The van der Waals surface area contributed by atoms with E-state index in [9.17, 15) is 22.8 Å². The summed E-state index contributed by atoms with van der Waals surface area (Å²) in [5.74, 6) is -1.47. The molecular weight excluding hydrogens is 434 g/mol. The summed E-state index contributed by atoms with van der Waals surface area (Å²) < 4.78 is 38.6. The topological polar surface area (TPSA) is 66.4 Å². The van der Waals surface area contributed by atoms with Crippen molar-refractivity contribution in [1.29, 1.82) is 0 Å². The molecule has 2 radical (unpaired) electrons. The molecule has 1 aromatic heterocycles. The average Bonchev–Trinajstić information content (AvgIpc) is 3.12. The third kappa shape index (κ3) is 7.39. The Kier molecular flexibility index (Phi) is 8.43. The minimum atomic E-state index is -4.28. The number of aryl methyl sites for hydroxylation is 2. The zero-order chi connectivity index (χ0) is 22.5. The van der Waals surface area contributed by atoms with Gasteiger partial charge in [-0.15, -0.1) is 23.1 Å². The van der Waals surface area contributed by atoms with Crippen molar-refractivity contribution in [2.24, 2.45) is 0 Å². The molecule has 2 aromatic rings. The second-order valence-electron chi connectivity index (χ2n) is 6.83. The number of amides is 1. The largest absolute Gasteiger partial charge is 0.481 e. The summed E-state index contributed by atoms with van der Waals surface area (Å²) in [6.45, 7) is 3.68. The van der Waals surface area contributed by atoms with Gasteiger partial charge in [0.05, 0.1) is 11.3 Å². The number of thiophene rings is 1. The molecule has 0 saturated heterocycles. The Hall–Kier alpha value is -1.94. The van der Waals surface area contributed by atoms with Gasteiger partial charge in [-0.25, -0.2) is 0 Å². The molecule has 0 aliphatic heterocycles. The highest BCUT2D eigenvalue weighted by Gasteiger charge is 2.30. The number of carboxylic acid groups (broad SMARTS) is 1. The van der Waals surface area contributed by atoms with E-state index in [1.165, 1.54) is 11.8 Å². The van der Waals surface area contributed by atoms with Crippen LogP contribution < -0.4 is 10.8 Å². The van der Waals surface area contributed by atoms with Crippen molar-refractivity contribution >= 4 is 48.3 Å². The minimum absolute atomic E-state index is 0.0162. The molecule has 30 heavy (non-hydrogen) atoms. The first-order valence-corrected chi connectivity index (χ1v) is 10.9. The van der Waals surface area contributed by atoms with E-state index in [0.29, 0.717) is 15.2 Å². The van der Waals surface area contributed by atoms with Crippen molar-refractivity contribution in [2.75, 3.05) is 6.54 Å². The zero-order valence-corrected chi connectivity index (χ0v) is 18.1. The summed E-state index contributed by atoms with van der Waals surface area (Å²) in [5.41, 5.74) is 2.37. The van der Waals surface area contributed by atoms with E-state index in [-0.39, 0.29) is 19.4 Å². The average molecular weight is 455 g/mol. The Bertz CT molecular complexity index is 892. The van der Waals surface area contributed by atoms with Crippen LogP contribution in [0.4, 0.5) is 13.2 Å². The van der Waals surface area contributed by atoms with Gasteiger partial charge in [0.25, 0.3) is 5.91 Å². The molecule has 1 heterocycles. The van der Waals surface area contributed by atoms with Gasteiger partial charge in [0.1, 0.15) is 7.85 Å². The molecule has 160 valence electrons. The van der Waals surface area contributed by atoms with Gasteiger partial charge in [-0.05, 0) is 44.5 Å². The summed E-state index contributed by atoms with van der Waals surface area (Å²) in [4.78, 5) is 24.5. The molecule has 2 N–H and O–H groups in total. The summed E-state index contributed by atoms with van der Waals surface area (Å²) in [6, 6.07) is 6.90. The number of halogens is 3. The van der Waals surface area contributed by atoms with Gasteiger partial charge in [-0.2, -0.15) is 13.2 Å². The predicted molar refractivity (Wildman–Crippen MR) is 114 cm³/mol. The third-order valence-electron chi connectivity index (χ3n) is 4.33. The van der Waals surface area contributed by atoms with Crippen LogP contribution >= 0.6 is 23.1 Å². The van der Waals surface area contributed by atoms with Gasteiger partial charge in [0.2, 0.25) is 0 Å². The molecule has 0 aliphatic rings. The lowest BCUT2D eigenvalue weighted by atomic mass is 9.87. The van der Waals surface area contributed by atoms with Gasteiger partial charge < -0.3 is 10.4 Å². The van der Waals surface area contributed by atoms with Crippen LogP contribution in [0, 0.1) is 13.8 Å². The number of hydrogen-bond donors (Lipinski definition) is 2. The number of aliphatic carboxylic acids is 1. The lowest BCUT2D eigenvalue weighted by Gasteiger charge is -2.18. The van der Waals surface area contributed by atoms with E-state index < -0.39 is 29.7 Å². The first-order chi connectivity index (χ1) is 14.0. The molecule has 1 amide bonds. The molecule has 1 atom stereocenters. The zero-order valence-electron chi connectivity index (χ0n) is 16.5. The van der Waals surface area contributed by atoms with Crippen LogP contribution in [-0.4, -0.2) is 37.6 Å². The van der Waals surface area contributed by atoms with Gasteiger partial charge in [-0.3, -0.25) is 9.59 Å². The van der Waals surface area contributed by atoms with Gasteiger partial charge in [0, 0.05) is 28.0 Å². The molecule has 1 aromatic carbocycles. The fraction of sp³-hybridized carbons (Fsp3) is 0.400. The first-order valence-electron chi connectivity index (χ1n) is 9.16. The van der Waals surface area contributed by atoms with E-state index >= 15 is 0 Å². The summed E-state index contributed by atoms with van der Waals surface area (Å²) in [6.07, 6.45) is -5.54. The van der Waals surface area contributed by atoms with E-state index in [1.54, 1.807) is 12.1 Å². The Morgan fingerprint density at radius 1 is 1.23 bits per heavy atom. The van der Waals surface area contributed by atoms with Crippen LogP contribution in [0.3, 0.4) is 0 Å². The summed E-state index contributed by atoms with van der Waals surface area (Å²) >= 11 is 2.43. The van der Waals surface area contributed by atoms with Crippen LogP contribution in [-0.2, 0) is 4.79 Å². The Balaban J connectivity index is 2.20. The van der Waals surface area contributed by atoms with Crippen molar-refractivity contribution < 1.29 is 27.9 Å². The molecule has 0 spiro atoms. The lowest BCUT2D eigenvalue weighted by Crippen LogP contribution is -2.25. The molecule has 0 fully saturated rings. The second-order valence-corrected chi connectivity index (χ2v) is 9.22. The third-order valence-corrected chi connectivity index (χ3v) is 6.96. The van der Waals surface area contributed by atoms with Crippen LogP contribution in [0.25, 0.3) is 0 Å². The van der Waals surface area contributed by atoms with Crippen molar-refractivity contribution in [3.63, 3.8) is 0 Å². The number of alkyl halides is 3. The van der Waals surface area contributed by atoms with E-state index in [0.717, 1.165) is 27.4 Å². The summed E-state index contributed by atoms with van der Waals surface area (Å²) in [5, 5.41) is 10.7.